The summed E-state index contributed by atoms with van der Waals surface area (Å²) >= 11 is 3.00. The van der Waals surface area contributed by atoms with E-state index in [1.807, 2.05) is 0 Å². The van der Waals surface area contributed by atoms with Crippen molar-refractivity contribution in [3.63, 3.8) is 0 Å². The Kier molecular flexibility index (Phi) is 4.93. The average molecular weight is 369 g/mol. The first-order valence-corrected chi connectivity index (χ1v) is 8.02. The highest BCUT2D eigenvalue weighted by atomic mass is 79.9. The molecular formula is C10H17BrN4O4S. The summed E-state index contributed by atoms with van der Waals surface area (Å²) in [5.74, 6) is -0.660. The molecule has 1 heterocycles. The lowest BCUT2D eigenvalue weighted by atomic mass is 10.2. The molecule has 10 heteroatoms. The van der Waals surface area contributed by atoms with Gasteiger partial charge in [-0.3, -0.25) is 4.79 Å². The molecule has 8 nitrogen and oxygen atoms in total. The van der Waals surface area contributed by atoms with Crippen LogP contribution in [0.2, 0.25) is 0 Å². The summed E-state index contributed by atoms with van der Waals surface area (Å²) < 4.78 is 32.8. The molecule has 0 aliphatic heterocycles. The van der Waals surface area contributed by atoms with Crippen molar-refractivity contribution in [1.29, 1.82) is 0 Å². The first-order valence-electron chi connectivity index (χ1n) is 5.74. The minimum absolute atomic E-state index is 0.0730. The van der Waals surface area contributed by atoms with E-state index in [0.717, 1.165) is 4.68 Å². The number of aryl methyl sites for hydroxylation is 1. The molecule has 1 rings (SSSR count). The van der Waals surface area contributed by atoms with Crippen LogP contribution in [-0.2, 0) is 26.6 Å². The Hall–Kier alpha value is -1.00. The van der Waals surface area contributed by atoms with Crippen LogP contribution in [-0.4, -0.2) is 41.0 Å². The van der Waals surface area contributed by atoms with E-state index in [4.69, 9.17) is 4.74 Å². The molecule has 0 aliphatic carbocycles. The molecule has 0 amide bonds. The van der Waals surface area contributed by atoms with E-state index < -0.39 is 27.6 Å². The SMILES string of the molecule is C[C@H](NS(=O)(=O)c1c(Br)nnn1C)C(=O)OC(C)(C)C. The lowest BCUT2D eigenvalue weighted by Gasteiger charge is -2.22. The fraction of sp³-hybridized carbons (Fsp3) is 0.700. The Bertz CT molecular complexity index is 586. The van der Waals surface area contributed by atoms with Crippen molar-refractivity contribution in [1.82, 2.24) is 19.7 Å². The van der Waals surface area contributed by atoms with Gasteiger partial charge in [-0.15, -0.1) is 5.10 Å². The standard InChI is InChI=1S/C10H17BrN4O4S/c1-6(9(16)19-10(2,3)4)13-20(17,18)8-7(11)12-14-15(8)5/h6,13H,1-5H3/t6-/m0/s1. The highest BCUT2D eigenvalue weighted by Crippen LogP contribution is 2.18. The van der Waals surface area contributed by atoms with Gasteiger partial charge in [0.1, 0.15) is 11.6 Å². The zero-order chi connectivity index (χ0) is 15.7. The minimum Gasteiger partial charge on any atom is -0.459 e. The summed E-state index contributed by atoms with van der Waals surface area (Å²) in [4.78, 5) is 11.8. The molecule has 0 spiro atoms. The molecule has 1 N–H and O–H groups in total. The van der Waals surface area contributed by atoms with E-state index in [9.17, 15) is 13.2 Å². The molecule has 0 aromatic carbocycles. The summed E-state index contributed by atoms with van der Waals surface area (Å²) in [6, 6.07) is -1.03. The molecule has 0 aliphatic rings. The van der Waals surface area contributed by atoms with Gasteiger partial charge in [0.25, 0.3) is 10.0 Å². The number of hydrogen-bond donors (Lipinski definition) is 1. The van der Waals surface area contributed by atoms with E-state index in [1.165, 1.54) is 14.0 Å². The maximum atomic E-state index is 12.2. The Labute approximate surface area is 126 Å². The van der Waals surface area contributed by atoms with Crippen LogP contribution in [0.15, 0.2) is 9.63 Å². The van der Waals surface area contributed by atoms with Crippen LogP contribution >= 0.6 is 15.9 Å². The van der Waals surface area contributed by atoms with Crippen molar-refractivity contribution >= 4 is 31.9 Å². The molecule has 0 bridgehead atoms. The number of ether oxygens (including phenoxy) is 1. The van der Waals surface area contributed by atoms with Gasteiger partial charge in [-0.25, -0.2) is 13.1 Å². The summed E-state index contributed by atoms with van der Waals surface area (Å²) in [7, 11) is -2.50. The van der Waals surface area contributed by atoms with Gasteiger partial charge in [-0.1, -0.05) is 5.21 Å². The van der Waals surface area contributed by atoms with Gasteiger partial charge in [0, 0.05) is 7.05 Å². The number of aromatic nitrogens is 3. The quantitative estimate of drug-likeness (QED) is 0.779. The van der Waals surface area contributed by atoms with Gasteiger partial charge in [-0.2, -0.15) is 4.72 Å². The number of nitrogens with zero attached hydrogens (tertiary/aromatic N) is 3. The molecular weight excluding hydrogens is 352 g/mol. The Morgan fingerprint density at radius 3 is 2.40 bits per heavy atom. The van der Waals surface area contributed by atoms with Crippen molar-refractivity contribution in [2.24, 2.45) is 7.05 Å². The van der Waals surface area contributed by atoms with Gasteiger partial charge in [0.2, 0.25) is 5.03 Å². The van der Waals surface area contributed by atoms with Gasteiger partial charge in [-0.05, 0) is 43.6 Å². The Morgan fingerprint density at radius 1 is 1.45 bits per heavy atom. The van der Waals surface area contributed by atoms with E-state index >= 15 is 0 Å². The van der Waals surface area contributed by atoms with Crippen LogP contribution in [0.4, 0.5) is 0 Å². The maximum absolute atomic E-state index is 12.2. The lowest BCUT2D eigenvalue weighted by Crippen LogP contribution is -2.42. The fourth-order valence-corrected chi connectivity index (χ4v) is 3.62. The van der Waals surface area contributed by atoms with Crippen molar-refractivity contribution in [3.8, 4) is 0 Å². The predicted octanol–water partition coefficient (Wildman–Crippen LogP) is 0.586. The van der Waals surface area contributed by atoms with Gasteiger partial charge < -0.3 is 4.74 Å². The topological polar surface area (TPSA) is 103 Å². The first kappa shape index (κ1) is 17.1. The van der Waals surface area contributed by atoms with Crippen molar-refractivity contribution in [2.45, 2.75) is 44.4 Å². The second kappa shape index (κ2) is 5.78. The molecule has 1 atom stereocenters. The maximum Gasteiger partial charge on any atom is 0.324 e. The number of sulfonamides is 1. The first-order chi connectivity index (χ1) is 8.94. The van der Waals surface area contributed by atoms with Crippen molar-refractivity contribution < 1.29 is 17.9 Å². The second-order valence-corrected chi connectivity index (χ2v) is 7.57. The van der Waals surface area contributed by atoms with Crippen LogP contribution in [0.1, 0.15) is 27.7 Å². The minimum atomic E-state index is -3.94. The van der Waals surface area contributed by atoms with Crippen molar-refractivity contribution in [3.05, 3.63) is 4.60 Å². The van der Waals surface area contributed by atoms with Crippen LogP contribution in [0.3, 0.4) is 0 Å². The summed E-state index contributed by atoms with van der Waals surface area (Å²) in [6.45, 7) is 6.51. The fourth-order valence-electron chi connectivity index (χ4n) is 1.33. The highest BCUT2D eigenvalue weighted by molar-refractivity contribution is 9.10. The molecule has 114 valence electrons. The zero-order valence-corrected chi connectivity index (χ0v) is 14.2. The van der Waals surface area contributed by atoms with Crippen molar-refractivity contribution in [2.75, 3.05) is 0 Å². The van der Waals surface area contributed by atoms with Crippen LogP contribution in [0.5, 0.6) is 0 Å². The average Bonchev–Trinajstić information content (AvgIpc) is 2.55. The molecule has 0 radical (unpaired) electrons. The van der Waals surface area contributed by atoms with E-state index in [1.54, 1.807) is 20.8 Å². The largest absolute Gasteiger partial charge is 0.459 e. The Morgan fingerprint density at radius 2 is 2.00 bits per heavy atom. The highest BCUT2D eigenvalue weighted by Gasteiger charge is 2.30. The predicted molar refractivity (Wildman–Crippen MR) is 74.3 cm³/mol. The van der Waals surface area contributed by atoms with Gasteiger partial charge in [0.05, 0.1) is 0 Å². The third kappa shape index (κ3) is 4.25. The molecule has 20 heavy (non-hydrogen) atoms. The molecule has 1 aromatic heterocycles. The zero-order valence-electron chi connectivity index (χ0n) is 11.8. The monoisotopic (exact) mass is 368 g/mol. The Balaban J connectivity index is 2.90. The number of esters is 1. The van der Waals surface area contributed by atoms with E-state index in [-0.39, 0.29) is 9.63 Å². The smallest absolute Gasteiger partial charge is 0.324 e. The van der Waals surface area contributed by atoms with E-state index in [0.29, 0.717) is 0 Å². The van der Waals surface area contributed by atoms with Crippen LogP contribution in [0, 0.1) is 0 Å². The molecule has 0 saturated heterocycles. The number of rotatable bonds is 4. The summed E-state index contributed by atoms with van der Waals surface area (Å²) in [5.41, 5.74) is -0.689. The van der Waals surface area contributed by atoms with Gasteiger partial charge >= 0.3 is 5.97 Å². The summed E-state index contributed by atoms with van der Waals surface area (Å²) in [6.07, 6.45) is 0. The number of carbonyl (C=O) groups is 1. The number of nitrogens with one attached hydrogen (secondary N) is 1. The second-order valence-electron chi connectivity index (χ2n) is 5.19. The van der Waals surface area contributed by atoms with E-state index in [2.05, 4.69) is 31.0 Å². The van der Waals surface area contributed by atoms with Crippen LogP contribution < -0.4 is 4.72 Å². The lowest BCUT2D eigenvalue weighted by molar-refractivity contribution is -0.156. The van der Waals surface area contributed by atoms with Gasteiger partial charge in [0.15, 0.2) is 4.60 Å². The summed E-state index contributed by atoms with van der Waals surface area (Å²) in [5, 5.41) is 7.01. The molecule has 0 saturated carbocycles. The normalized spacial score (nSPS) is 14.1. The number of halogens is 1. The molecule has 0 unspecified atom stereocenters. The third-order valence-corrected chi connectivity index (χ3v) is 4.51. The number of carbonyl (C=O) groups excluding carboxylic acids is 1. The third-order valence-electron chi connectivity index (χ3n) is 2.08. The number of hydrogen-bond acceptors (Lipinski definition) is 6. The molecule has 0 fully saturated rings. The van der Waals surface area contributed by atoms with Crippen LogP contribution in [0.25, 0.3) is 0 Å². The molecule has 1 aromatic rings.